The molecule has 0 unspecified atom stereocenters. The number of aryl methyl sites for hydroxylation is 1. The maximum Gasteiger partial charge on any atom is 0.346 e. The van der Waals surface area contributed by atoms with Crippen LogP contribution in [0.4, 0.5) is 5.82 Å². The number of thiophene rings is 1. The molecule has 1 aromatic carbocycles. The van der Waals surface area contributed by atoms with Gasteiger partial charge in [-0.1, -0.05) is 24.6 Å². The molecule has 0 spiro atoms. The number of aromatic carboxylic acids is 1. The summed E-state index contributed by atoms with van der Waals surface area (Å²) in [6.07, 6.45) is 2.15. The predicted octanol–water partition coefficient (Wildman–Crippen LogP) is 5.50. The van der Waals surface area contributed by atoms with Gasteiger partial charge in [-0.05, 0) is 37.1 Å². The minimum atomic E-state index is -0.907. The van der Waals surface area contributed by atoms with Crippen LogP contribution in [0.25, 0.3) is 21.5 Å². The number of hydrogen-bond donors (Lipinski definition) is 2. The molecule has 4 rings (SSSR count). The molecule has 0 amide bonds. The fourth-order valence-corrected chi connectivity index (χ4v) is 5.14. The number of ether oxygens (including phenoxy) is 1. The molecule has 3 heterocycles. The lowest BCUT2D eigenvalue weighted by atomic mass is 10.2. The van der Waals surface area contributed by atoms with E-state index in [0.717, 1.165) is 32.8 Å². The third-order valence-electron chi connectivity index (χ3n) is 5.40. The van der Waals surface area contributed by atoms with Crippen molar-refractivity contribution in [2.24, 2.45) is 0 Å². The third kappa shape index (κ3) is 4.03. The van der Waals surface area contributed by atoms with E-state index >= 15 is 0 Å². The maximum absolute atomic E-state index is 11.5. The molecule has 2 N–H and O–H groups in total. The van der Waals surface area contributed by atoms with E-state index in [4.69, 9.17) is 16.3 Å². The van der Waals surface area contributed by atoms with Crippen molar-refractivity contribution in [3.8, 4) is 16.3 Å². The molecule has 4 aromatic rings. The molecular formula is C23H23ClN4O3S. The number of rotatable bonds is 8. The number of halogens is 1. The summed E-state index contributed by atoms with van der Waals surface area (Å²) >= 11 is 7.82. The molecule has 0 fully saturated rings. The summed E-state index contributed by atoms with van der Waals surface area (Å²) in [5.41, 5.74) is 3.50. The Balaban J connectivity index is 1.53. The van der Waals surface area contributed by atoms with Gasteiger partial charge in [0.25, 0.3) is 0 Å². The highest BCUT2D eigenvalue weighted by Crippen LogP contribution is 2.36. The Kier molecular flexibility index (Phi) is 6.34. The zero-order chi connectivity index (χ0) is 22.8. The lowest BCUT2D eigenvalue weighted by molar-refractivity contribution is 0.0701. The molecule has 9 heteroatoms. The summed E-state index contributed by atoms with van der Waals surface area (Å²) < 4.78 is 7.63. The molecule has 0 aliphatic heterocycles. The molecule has 166 valence electrons. The second-order valence-corrected chi connectivity index (χ2v) is 8.67. The Morgan fingerprint density at radius 3 is 2.81 bits per heavy atom. The molecule has 0 saturated carbocycles. The molecule has 0 bridgehead atoms. The van der Waals surface area contributed by atoms with E-state index in [2.05, 4.69) is 19.9 Å². The Labute approximate surface area is 194 Å². The molecule has 0 aliphatic rings. The van der Waals surface area contributed by atoms with E-state index in [1.165, 1.54) is 17.7 Å². The van der Waals surface area contributed by atoms with Gasteiger partial charge in [0.2, 0.25) is 0 Å². The maximum atomic E-state index is 11.5. The number of aromatic nitrogens is 3. The molecule has 0 saturated heterocycles. The first-order valence-corrected chi connectivity index (χ1v) is 11.4. The van der Waals surface area contributed by atoms with Crippen LogP contribution in [0.1, 0.15) is 27.9 Å². The van der Waals surface area contributed by atoms with Crippen LogP contribution in [0.15, 0.2) is 36.7 Å². The lowest BCUT2D eigenvalue weighted by Crippen LogP contribution is -2.12. The fraction of sp³-hybridized carbons (Fsp3) is 0.261. The topological polar surface area (TPSA) is 89.3 Å². The van der Waals surface area contributed by atoms with Crippen LogP contribution in [0, 0.1) is 6.92 Å². The Hall–Kier alpha value is -3.10. The largest absolute Gasteiger partial charge is 0.496 e. The number of nitrogens with zero attached hydrogens (tertiary/aromatic N) is 3. The second kappa shape index (κ2) is 9.18. The van der Waals surface area contributed by atoms with E-state index in [-0.39, 0.29) is 0 Å². The van der Waals surface area contributed by atoms with Crippen molar-refractivity contribution in [1.29, 1.82) is 0 Å². The molecule has 7 nitrogen and oxygen atoms in total. The van der Waals surface area contributed by atoms with Gasteiger partial charge in [-0.3, -0.25) is 0 Å². The number of carboxylic acid groups (broad SMARTS) is 1. The van der Waals surface area contributed by atoms with Gasteiger partial charge < -0.3 is 19.7 Å². The minimum Gasteiger partial charge on any atom is -0.496 e. The van der Waals surface area contributed by atoms with Crippen LogP contribution in [-0.2, 0) is 13.0 Å². The van der Waals surface area contributed by atoms with E-state index in [9.17, 15) is 9.90 Å². The summed E-state index contributed by atoms with van der Waals surface area (Å²) in [5.74, 6) is 0.525. The summed E-state index contributed by atoms with van der Waals surface area (Å²) in [6.45, 7) is 5.25. The van der Waals surface area contributed by atoms with E-state index in [0.29, 0.717) is 40.9 Å². The van der Waals surface area contributed by atoms with Crippen LogP contribution >= 0.6 is 22.9 Å². The fourth-order valence-electron chi connectivity index (χ4n) is 3.79. The first-order chi connectivity index (χ1) is 15.4. The number of nitrogens with one attached hydrogen (secondary N) is 1. The zero-order valence-corrected chi connectivity index (χ0v) is 19.5. The molecule has 0 aliphatic carbocycles. The monoisotopic (exact) mass is 470 g/mol. The highest BCUT2D eigenvalue weighted by atomic mass is 35.5. The number of hydrogen-bond acceptors (Lipinski definition) is 6. The predicted molar refractivity (Wildman–Crippen MR) is 128 cm³/mol. The summed E-state index contributed by atoms with van der Waals surface area (Å²) in [7, 11) is 1.64. The molecule has 0 radical (unpaired) electrons. The molecule has 0 atom stereocenters. The van der Waals surface area contributed by atoms with Crippen molar-refractivity contribution < 1.29 is 14.6 Å². The van der Waals surface area contributed by atoms with Crippen molar-refractivity contribution >= 4 is 45.6 Å². The highest BCUT2D eigenvalue weighted by Gasteiger charge is 2.17. The van der Waals surface area contributed by atoms with E-state index in [1.807, 2.05) is 44.2 Å². The number of benzene rings is 1. The van der Waals surface area contributed by atoms with E-state index < -0.39 is 5.97 Å². The van der Waals surface area contributed by atoms with Crippen molar-refractivity contribution in [2.75, 3.05) is 19.0 Å². The Bertz CT molecular complexity index is 1300. The van der Waals surface area contributed by atoms with Gasteiger partial charge in [0.15, 0.2) is 0 Å². The number of carbonyl (C=O) groups is 1. The summed E-state index contributed by atoms with van der Waals surface area (Å²) in [5, 5.41) is 14.4. The first-order valence-electron chi connectivity index (χ1n) is 10.2. The van der Waals surface area contributed by atoms with Crippen LogP contribution in [0.3, 0.4) is 0 Å². The van der Waals surface area contributed by atoms with Gasteiger partial charge >= 0.3 is 5.97 Å². The van der Waals surface area contributed by atoms with Gasteiger partial charge in [0.05, 0.1) is 33.6 Å². The van der Waals surface area contributed by atoms with Gasteiger partial charge in [-0.2, -0.15) is 0 Å². The average Bonchev–Trinajstić information content (AvgIpc) is 3.35. The zero-order valence-electron chi connectivity index (χ0n) is 18.0. The minimum absolute atomic E-state index is 0.359. The molecule has 3 aromatic heterocycles. The number of anilines is 1. The van der Waals surface area contributed by atoms with Crippen molar-refractivity contribution in [3.05, 3.63) is 57.8 Å². The Morgan fingerprint density at radius 2 is 2.12 bits per heavy atom. The van der Waals surface area contributed by atoms with Crippen molar-refractivity contribution in [1.82, 2.24) is 14.5 Å². The van der Waals surface area contributed by atoms with E-state index in [1.54, 1.807) is 7.11 Å². The molecule has 32 heavy (non-hydrogen) atoms. The van der Waals surface area contributed by atoms with Crippen molar-refractivity contribution in [3.63, 3.8) is 0 Å². The summed E-state index contributed by atoms with van der Waals surface area (Å²) in [4.78, 5) is 21.3. The van der Waals surface area contributed by atoms with Crippen LogP contribution in [0.5, 0.6) is 5.75 Å². The number of fused-ring (bicyclic) bond motifs is 1. The van der Waals surface area contributed by atoms with Gasteiger partial charge in [-0.15, -0.1) is 11.3 Å². The van der Waals surface area contributed by atoms with Crippen LogP contribution in [-0.4, -0.2) is 39.3 Å². The molecular weight excluding hydrogens is 448 g/mol. The number of methoxy groups -OCH3 is 1. The summed E-state index contributed by atoms with van der Waals surface area (Å²) in [6, 6.07) is 9.62. The van der Waals surface area contributed by atoms with Gasteiger partial charge in [0.1, 0.15) is 22.8 Å². The smallest absolute Gasteiger partial charge is 0.346 e. The SMILES string of the molecule is CCc1cc(-c2cc(NCCn3c(C)c(Cl)c4c(OC)cccc43)ncn2)sc1C(=O)O. The second-order valence-electron chi connectivity index (χ2n) is 7.24. The third-order valence-corrected chi connectivity index (χ3v) is 7.05. The van der Waals surface area contributed by atoms with Gasteiger partial charge in [-0.25, -0.2) is 14.8 Å². The normalized spacial score (nSPS) is 11.1. The standard InChI is InChI=1S/C23H23ClN4O3S/c1-4-14-10-18(32-22(14)23(29)30)15-11-19(27-12-26-15)25-8-9-28-13(2)21(24)20-16(28)6-5-7-17(20)31-3/h5-7,10-12H,4,8-9H2,1-3H3,(H,29,30)(H,25,26,27). The van der Waals surface area contributed by atoms with Crippen LogP contribution < -0.4 is 10.1 Å². The van der Waals surface area contributed by atoms with Gasteiger partial charge in [0, 0.05) is 24.8 Å². The van der Waals surface area contributed by atoms with Crippen LogP contribution in [0.2, 0.25) is 5.02 Å². The van der Waals surface area contributed by atoms with Crippen molar-refractivity contribution in [2.45, 2.75) is 26.8 Å². The average molecular weight is 471 g/mol. The first kappa shape index (κ1) is 22.1. The Morgan fingerprint density at radius 1 is 1.31 bits per heavy atom. The number of carboxylic acids is 1. The quantitative estimate of drug-likeness (QED) is 0.353. The lowest BCUT2D eigenvalue weighted by Gasteiger charge is -2.11. The highest BCUT2D eigenvalue weighted by molar-refractivity contribution is 7.17.